The molecule has 0 atom stereocenters. The molecular formula is C18H15N3O2. The number of primary amides is 1. The fraction of sp³-hybridized carbons (Fsp3) is 0.0556. The lowest BCUT2D eigenvalue weighted by molar-refractivity contribution is -0.114. The maximum absolute atomic E-state index is 12.7. The molecule has 1 aromatic carbocycles. The topological polar surface area (TPSA) is 88.8 Å². The van der Waals surface area contributed by atoms with Gasteiger partial charge in [-0.15, -0.1) is 0 Å². The van der Waals surface area contributed by atoms with E-state index in [0.29, 0.717) is 22.3 Å². The quantitative estimate of drug-likeness (QED) is 0.573. The summed E-state index contributed by atoms with van der Waals surface area (Å²) in [5.41, 5.74) is 8.22. The SMILES string of the molecule is C/C(=C\c1cccc(C(=O)c2c[nH]c3ncccc23)c1)C(N)=O. The van der Waals surface area contributed by atoms with Crippen molar-refractivity contribution in [2.75, 3.05) is 0 Å². The number of ketones is 1. The number of aromatic nitrogens is 2. The molecule has 0 radical (unpaired) electrons. The lowest BCUT2D eigenvalue weighted by Crippen LogP contribution is -2.11. The number of fused-ring (bicyclic) bond motifs is 1. The van der Waals surface area contributed by atoms with Crippen LogP contribution in [0.3, 0.4) is 0 Å². The second-order valence-electron chi connectivity index (χ2n) is 5.25. The third-order valence-electron chi connectivity index (χ3n) is 3.62. The molecule has 0 spiro atoms. The highest BCUT2D eigenvalue weighted by Crippen LogP contribution is 2.20. The first kappa shape index (κ1) is 14.7. The van der Waals surface area contributed by atoms with Gasteiger partial charge in [0.2, 0.25) is 5.91 Å². The molecule has 0 aliphatic carbocycles. The summed E-state index contributed by atoms with van der Waals surface area (Å²) < 4.78 is 0. The van der Waals surface area contributed by atoms with Crippen molar-refractivity contribution in [2.45, 2.75) is 6.92 Å². The molecule has 0 fully saturated rings. The third kappa shape index (κ3) is 2.89. The first-order valence-electron chi connectivity index (χ1n) is 7.11. The summed E-state index contributed by atoms with van der Waals surface area (Å²) in [6, 6.07) is 10.7. The number of rotatable bonds is 4. The van der Waals surface area contributed by atoms with E-state index in [4.69, 9.17) is 5.73 Å². The van der Waals surface area contributed by atoms with Crippen molar-refractivity contribution in [3.63, 3.8) is 0 Å². The minimum atomic E-state index is -0.482. The van der Waals surface area contributed by atoms with Gasteiger partial charge >= 0.3 is 0 Å². The number of carbonyl (C=O) groups is 2. The maximum atomic E-state index is 12.7. The van der Waals surface area contributed by atoms with E-state index in [2.05, 4.69) is 9.97 Å². The molecule has 0 saturated heterocycles. The Morgan fingerprint density at radius 1 is 1.22 bits per heavy atom. The zero-order valence-electron chi connectivity index (χ0n) is 12.5. The van der Waals surface area contributed by atoms with E-state index in [0.717, 1.165) is 10.9 Å². The van der Waals surface area contributed by atoms with Crippen LogP contribution < -0.4 is 5.73 Å². The van der Waals surface area contributed by atoms with Gasteiger partial charge in [0.05, 0.1) is 0 Å². The maximum Gasteiger partial charge on any atom is 0.244 e. The Morgan fingerprint density at radius 2 is 2.04 bits per heavy atom. The first-order valence-corrected chi connectivity index (χ1v) is 7.11. The van der Waals surface area contributed by atoms with Gasteiger partial charge in [-0.3, -0.25) is 9.59 Å². The van der Waals surface area contributed by atoms with Crippen LogP contribution >= 0.6 is 0 Å². The molecule has 5 heteroatoms. The molecule has 3 aromatic rings. The Balaban J connectivity index is 2.00. The zero-order chi connectivity index (χ0) is 16.4. The fourth-order valence-electron chi connectivity index (χ4n) is 2.39. The summed E-state index contributed by atoms with van der Waals surface area (Å²) in [5, 5.41) is 0.784. The number of hydrogen-bond acceptors (Lipinski definition) is 3. The van der Waals surface area contributed by atoms with E-state index in [1.807, 2.05) is 12.1 Å². The van der Waals surface area contributed by atoms with Gasteiger partial charge in [0.1, 0.15) is 5.65 Å². The van der Waals surface area contributed by atoms with Crippen LogP contribution in [0.2, 0.25) is 0 Å². The van der Waals surface area contributed by atoms with Gasteiger partial charge in [-0.25, -0.2) is 4.98 Å². The number of amides is 1. The van der Waals surface area contributed by atoms with Crippen molar-refractivity contribution < 1.29 is 9.59 Å². The molecule has 0 saturated carbocycles. The Labute approximate surface area is 132 Å². The van der Waals surface area contributed by atoms with Crippen molar-refractivity contribution in [2.24, 2.45) is 5.73 Å². The van der Waals surface area contributed by atoms with Crippen molar-refractivity contribution in [3.8, 4) is 0 Å². The molecule has 0 bridgehead atoms. The lowest BCUT2D eigenvalue weighted by atomic mass is 10.0. The van der Waals surface area contributed by atoms with E-state index in [9.17, 15) is 9.59 Å². The average molecular weight is 305 g/mol. The molecule has 3 N–H and O–H groups in total. The molecule has 2 heterocycles. The van der Waals surface area contributed by atoms with E-state index >= 15 is 0 Å². The predicted molar refractivity (Wildman–Crippen MR) is 88.8 cm³/mol. The number of carbonyl (C=O) groups excluding carboxylic acids is 2. The number of hydrogen-bond donors (Lipinski definition) is 2. The second kappa shape index (κ2) is 5.88. The number of nitrogens with two attached hydrogens (primary N) is 1. The van der Waals surface area contributed by atoms with Crippen molar-refractivity contribution in [1.29, 1.82) is 0 Å². The van der Waals surface area contributed by atoms with Gasteiger partial charge in [-0.2, -0.15) is 0 Å². The highest BCUT2D eigenvalue weighted by Gasteiger charge is 2.14. The summed E-state index contributed by atoms with van der Waals surface area (Å²) >= 11 is 0. The zero-order valence-corrected chi connectivity index (χ0v) is 12.5. The van der Waals surface area contributed by atoms with Crippen LogP contribution in [-0.4, -0.2) is 21.7 Å². The molecule has 2 aromatic heterocycles. The van der Waals surface area contributed by atoms with Crippen LogP contribution in [0.1, 0.15) is 28.4 Å². The Kier molecular flexibility index (Phi) is 3.76. The van der Waals surface area contributed by atoms with Crippen molar-refractivity contribution in [1.82, 2.24) is 9.97 Å². The predicted octanol–water partition coefficient (Wildman–Crippen LogP) is 2.68. The van der Waals surface area contributed by atoms with E-state index in [1.54, 1.807) is 49.7 Å². The van der Waals surface area contributed by atoms with Crippen LogP contribution in [0.15, 0.2) is 54.4 Å². The number of aromatic amines is 1. The Hall–Kier alpha value is -3.21. The molecular weight excluding hydrogens is 290 g/mol. The molecule has 114 valence electrons. The average Bonchev–Trinajstić information content (AvgIpc) is 2.98. The smallest absolute Gasteiger partial charge is 0.244 e. The van der Waals surface area contributed by atoms with Gasteiger partial charge in [-0.05, 0) is 36.8 Å². The number of nitrogens with one attached hydrogen (secondary N) is 1. The monoisotopic (exact) mass is 305 g/mol. The lowest BCUT2D eigenvalue weighted by Gasteiger charge is -2.02. The summed E-state index contributed by atoms with van der Waals surface area (Å²) in [7, 11) is 0. The summed E-state index contributed by atoms with van der Waals surface area (Å²) in [6.45, 7) is 1.64. The molecule has 0 unspecified atom stereocenters. The van der Waals surface area contributed by atoms with Crippen LogP contribution in [0.5, 0.6) is 0 Å². The summed E-state index contributed by atoms with van der Waals surface area (Å²) in [6.07, 6.45) is 5.00. The second-order valence-corrected chi connectivity index (χ2v) is 5.25. The normalized spacial score (nSPS) is 11.6. The molecule has 5 nitrogen and oxygen atoms in total. The van der Waals surface area contributed by atoms with Crippen LogP contribution in [-0.2, 0) is 4.79 Å². The first-order chi connectivity index (χ1) is 11.1. The summed E-state index contributed by atoms with van der Waals surface area (Å²) in [4.78, 5) is 31.0. The Morgan fingerprint density at radius 3 is 2.83 bits per heavy atom. The Bertz CT molecular complexity index is 938. The van der Waals surface area contributed by atoms with Gasteiger partial charge in [0, 0.05) is 34.5 Å². The molecule has 0 aliphatic heterocycles. The van der Waals surface area contributed by atoms with Gasteiger partial charge in [0.15, 0.2) is 5.78 Å². The highest BCUT2D eigenvalue weighted by molar-refractivity contribution is 6.16. The minimum Gasteiger partial charge on any atom is -0.366 e. The standard InChI is InChI=1S/C18H15N3O2/c1-11(17(19)23)8-12-4-2-5-13(9-12)16(22)15-10-21-18-14(15)6-3-7-20-18/h2-10H,1H3,(H2,19,23)(H,20,21)/b11-8+. The van der Waals surface area contributed by atoms with Gasteiger partial charge < -0.3 is 10.7 Å². The van der Waals surface area contributed by atoms with Crippen molar-refractivity contribution in [3.05, 3.63) is 71.1 Å². The molecule has 1 amide bonds. The van der Waals surface area contributed by atoms with Crippen LogP contribution in [0.4, 0.5) is 0 Å². The molecule has 0 aliphatic rings. The fourth-order valence-corrected chi connectivity index (χ4v) is 2.39. The van der Waals surface area contributed by atoms with Gasteiger partial charge in [0.25, 0.3) is 0 Å². The number of benzene rings is 1. The van der Waals surface area contributed by atoms with Crippen molar-refractivity contribution >= 4 is 28.8 Å². The molecule has 3 rings (SSSR count). The third-order valence-corrected chi connectivity index (χ3v) is 3.62. The van der Waals surface area contributed by atoms with Crippen LogP contribution in [0.25, 0.3) is 17.1 Å². The van der Waals surface area contributed by atoms with E-state index < -0.39 is 5.91 Å². The van der Waals surface area contributed by atoms with Crippen LogP contribution in [0, 0.1) is 0 Å². The number of pyridine rings is 1. The van der Waals surface area contributed by atoms with Gasteiger partial charge in [-0.1, -0.05) is 18.2 Å². The van der Waals surface area contributed by atoms with E-state index in [1.165, 1.54) is 0 Å². The minimum absolute atomic E-state index is 0.101. The number of H-pyrrole nitrogens is 1. The number of nitrogens with zero attached hydrogens (tertiary/aromatic N) is 1. The molecule has 23 heavy (non-hydrogen) atoms. The highest BCUT2D eigenvalue weighted by atomic mass is 16.1. The summed E-state index contributed by atoms with van der Waals surface area (Å²) in [5.74, 6) is -0.583. The van der Waals surface area contributed by atoms with E-state index in [-0.39, 0.29) is 5.78 Å². The largest absolute Gasteiger partial charge is 0.366 e.